The molecule has 0 unspecified atom stereocenters. The number of fused-ring (bicyclic) bond motifs is 1. The van der Waals surface area contributed by atoms with Crippen LogP contribution in [0.2, 0.25) is 0 Å². The summed E-state index contributed by atoms with van der Waals surface area (Å²) in [6.07, 6.45) is 1.76. The average Bonchev–Trinajstić information content (AvgIpc) is 2.56. The van der Waals surface area contributed by atoms with Gasteiger partial charge in [0, 0.05) is 24.2 Å². The van der Waals surface area contributed by atoms with Gasteiger partial charge in [-0.1, -0.05) is 13.8 Å². The van der Waals surface area contributed by atoms with Crippen LogP contribution < -0.4 is 5.73 Å². The lowest BCUT2D eigenvalue weighted by atomic mass is 9.74. The third kappa shape index (κ3) is 1.72. The van der Waals surface area contributed by atoms with Crippen molar-refractivity contribution in [3.8, 4) is 0 Å². The van der Waals surface area contributed by atoms with Crippen molar-refractivity contribution in [2.45, 2.75) is 38.6 Å². The number of aryl methyl sites for hydroxylation is 1. The SMILES string of the molecule is Cn1c(C(C)(C)C(C)(C)N)nc2ncccc21. The Morgan fingerprint density at radius 3 is 2.41 bits per heavy atom. The van der Waals surface area contributed by atoms with Gasteiger partial charge in [-0.05, 0) is 26.0 Å². The Balaban J connectivity index is 2.68. The highest BCUT2D eigenvalue weighted by Gasteiger charge is 2.39. The molecule has 17 heavy (non-hydrogen) atoms. The van der Waals surface area contributed by atoms with Crippen molar-refractivity contribution >= 4 is 11.2 Å². The number of rotatable bonds is 2. The van der Waals surface area contributed by atoms with E-state index in [1.165, 1.54) is 0 Å². The Morgan fingerprint density at radius 1 is 1.24 bits per heavy atom. The van der Waals surface area contributed by atoms with Gasteiger partial charge < -0.3 is 10.3 Å². The molecule has 2 aromatic rings. The molecule has 4 nitrogen and oxygen atoms in total. The summed E-state index contributed by atoms with van der Waals surface area (Å²) in [5, 5.41) is 0. The first-order chi connectivity index (χ1) is 7.75. The highest BCUT2D eigenvalue weighted by Crippen LogP contribution is 2.33. The molecular formula is C13H20N4. The van der Waals surface area contributed by atoms with Crippen molar-refractivity contribution in [2.24, 2.45) is 12.8 Å². The Kier molecular flexibility index (Phi) is 2.51. The molecule has 0 aliphatic rings. The smallest absolute Gasteiger partial charge is 0.177 e. The number of imidazole rings is 1. The summed E-state index contributed by atoms with van der Waals surface area (Å²) < 4.78 is 2.08. The lowest BCUT2D eigenvalue weighted by Gasteiger charge is -2.37. The van der Waals surface area contributed by atoms with Gasteiger partial charge >= 0.3 is 0 Å². The molecule has 4 heteroatoms. The molecule has 0 aliphatic carbocycles. The second kappa shape index (κ2) is 3.53. The van der Waals surface area contributed by atoms with Crippen LogP contribution in [0.25, 0.3) is 11.2 Å². The topological polar surface area (TPSA) is 56.7 Å². The number of hydrogen-bond acceptors (Lipinski definition) is 3. The van der Waals surface area contributed by atoms with E-state index in [1.807, 2.05) is 33.0 Å². The molecule has 0 atom stereocenters. The van der Waals surface area contributed by atoms with Gasteiger partial charge in [0.25, 0.3) is 0 Å². The maximum absolute atomic E-state index is 6.26. The molecule has 0 radical (unpaired) electrons. The second-order valence-electron chi connectivity index (χ2n) is 5.69. The molecule has 0 aliphatic heterocycles. The van der Waals surface area contributed by atoms with Crippen molar-refractivity contribution in [2.75, 3.05) is 0 Å². The van der Waals surface area contributed by atoms with E-state index < -0.39 is 0 Å². The van der Waals surface area contributed by atoms with Gasteiger partial charge in [0.15, 0.2) is 5.65 Å². The van der Waals surface area contributed by atoms with Gasteiger partial charge in [0.1, 0.15) is 5.82 Å². The second-order valence-corrected chi connectivity index (χ2v) is 5.69. The zero-order valence-electron chi connectivity index (χ0n) is 11.2. The van der Waals surface area contributed by atoms with Gasteiger partial charge in [-0.25, -0.2) is 9.97 Å². The van der Waals surface area contributed by atoms with Crippen molar-refractivity contribution in [3.63, 3.8) is 0 Å². The van der Waals surface area contributed by atoms with Crippen LogP contribution in [0.5, 0.6) is 0 Å². The normalized spacial score (nSPS) is 13.3. The van der Waals surface area contributed by atoms with Crippen molar-refractivity contribution in [1.29, 1.82) is 0 Å². The molecule has 0 amide bonds. The molecule has 0 fully saturated rings. The summed E-state index contributed by atoms with van der Waals surface area (Å²) in [4.78, 5) is 8.91. The van der Waals surface area contributed by atoms with E-state index in [1.54, 1.807) is 6.20 Å². The van der Waals surface area contributed by atoms with E-state index in [0.717, 1.165) is 17.0 Å². The summed E-state index contributed by atoms with van der Waals surface area (Å²) in [7, 11) is 2.01. The highest BCUT2D eigenvalue weighted by atomic mass is 15.1. The average molecular weight is 232 g/mol. The molecule has 0 saturated carbocycles. The van der Waals surface area contributed by atoms with Crippen molar-refractivity contribution < 1.29 is 0 Å². The fourth-order valence-corrected chi connectivity index (χ4v) is 1.87. The monoisotopic (exact) mass is 232 g/mol. The molecule has 0 aromatic carbocycles. The largest absolute Gasteiger partial charge is 0.329 e. The van der Waals surface area contributed by atoms with Crippen LogP contribution in [0.1, 0.15) is 33.5 Å². The fraction of sp³-hybridized carbons (Fsp3) is 0.538. The quantitative estimate of drug-likeness (QED) is 0.861. The van der Waals surface area contributed by atoms with Gasteiger partial charge in [0.05, 0.1) is 5.52 Å². The molecule has 0 saturated heterocycles. The lowest BCUT2D eigenvalue weighted by Crippen LogP contribution is -2.51. The maximum Gasteiger partial charge on any atom is 0.177 e. The number of pyridine rings is 1. The minimum Gasteiger partial charge on any atom is -0.329 e. The third-order valence-corrected chi connectivity index (χ3v) is 3.83. The van der Waals surface area contributed by atoms with Crippen LogP contribution in [0, 0.1) is 0 Å². The summed E-state index contributed by atoms with van der Waals surface area (Å²) in [6.45, 7) is 8.29. The fourth-order valence-electron chi connectivity index (χ4n) is 1.87. The van der Waals surface area contributed by atoms with Crippen molar-refractivity contribution in [1.82, 2.24) is 14.5 Å². The summed E-state index contributed by atoms with van der Waals surface area (Å²) >= 11 is 0. The molecule has 0 bridgehead atoms. The van der Waals surface area contributed by atoms with Crippen LogP contribution in [0.3, 0.4) is 0 Å². The molecular weight excluding hydrogens is 212 g/mol. The first-order valence-electron chi connectivity index (χ1n) is 5.82. The molecule has 2 N–H and O–H groups in total. The van der Waals surface area contributed by atoms with E-state index in [2.05, 4.69) is 28.4 Å². The van der Waals surface area contributed by atoms with Crippen LogP contribution in [-0.2, 0) is 12.5 Å². The zero-order valence-corrected chi connectivity index (χ0v) is 11.2. The lowest BCUT2D eigenvalue weighted by molar-refractivity contribution is 0.286. The Labute approximate surface area is 102 Å². The number of aromatic nitrogens is 3. The molecule has 2 rings (SSSR count). The summed E-state index contributed by atoms with van der Waals surface area (Å²) in [5.41, 5.74) is 7.52. The van der Waals surface area contributed by atoms with E-state index in [4.69, 9.17) is 5.73 Å². The predicted molar refractivity (Wildman–Crippen MR) is 69.8 cm³/mol. The molecule has 0 spiro atoms. The first kappa shape index (κ1) is 12.0. The predicted octanol–water partition coefficient (Wildman–Crippen LogP) is 1.98. The Hall–Kier alpha value is -1.42. The molecule has 2 aromatic heterocycles. The number of nitrogens with two attached hydrogens (primary N) is 1. The minimum atomic E-state index is -0.345. The summed E-state index contributed by atoms with van der Waals surface area (Å²) in [5.74, 6) is 0.971. The van der Waals surface area contributed by atoms with Crippen LogP contribution in [-0.4, -0.2) is 20.1 Å². The third-order valence-electron chi connectivity index (χ3n) is 3.83. The summed E-state index contributed by atoms with van der Waals surface area (Å²) in [6, 6.07) is 3.95. The highest BCUT2D eigenvalue weighted by molar-refractivity contribution is 5.71. The Bertz CT molecular complexity index is 546. The Morgan fingerprint density at radius 2 is 1.88 bits per heavy atom. The van der Waals surface area contributed by atoms with Crippen molar-refractivity contribution in [3.05, 3.63) is 24.2 Å². The van der Waals surface area contributed by atoms with Gasteiger partial charge in [0.2, 0.25) is 0 Å². The first-order valence-corrected chi connectivity index (χ1v) is 5.82. The van der Waals surface area contributed by atoms with E-state index in [-0.39, 0.29) is 11.0 Å². The van der Waals surface area contributed by atoms with Crippen LogP contribution >= 0.6 is 0 Å². The van der Waals surface area contributed by atoms with Gasteiger partial charge in [-0.15, -0.1) is 0 Å². The number of hydrogen-bond donors (Lipinski definition) is 1. The number of nitrogens with zero attached hydrogens (tertiary/aromatic N) is 3. The van der Waals surface area contributed by atoms with Gasteiger partial charge in [-0.3, -0.25) is 0 Å². The van der Waals surface area contributed by atoms with Crippen LogP contribution in [0.4, 0.5) is 0 Å². The van der Waals surface area contributed by atoms with E-state index in [0.29, 0.717) is 0 Å². The van der Waals surface area contributed by atoms with E-state index >= 15 is 0 Å². The molecule has 2 heterocycles. The van der Waals surface area contributed by atoms with Crippen LogP contribution in [0.15, 0.2) is 18.3 Å². The standard InChI is InChI=1S/C13H20N4/c1-12(2,13(3,4)14)11-16-10-9(17(11)5)7-6-8-15-10/h6-8H,14H2,1-5H3. The maximum atomic E-state index is 6.26. The zero-order chi connectivity index (χ0) is 12.8. The van der Waals surface area contributed by atoms with E-state index in [9.17, 15) is 0 Å². The van der Waals surface area contributed by atoms with Gasteiger partial charge in [-0.2, -0.15) is 0 Å². The molecule has 92 valence electrons. The minimum absolute atomic E-state index is 0.220.